The zero-order valence-corrected chi connectivity index (χ0v) is 15.2. The topological polar surface area (TPSA) is 77.0 Å². The lowest BCUT2D eigenvalue weighted by Gasteiger charge is -2.22. The van der Waals surface area contributed by atoms with Gasteiger partial charge in [-0.15, -0.1) is 0 Å². The highest BCUT2D eigenvalue weighted by atomic mass is 16.6. The van der Waals surface area contributed by atoms with Crippen LogP contribution in [0, 0.1) is 4.91 Å². The van der Waals surface area contributed by atoms with Crippen LogP contribution in [0.15, 0.2) is 29.4 Å². The Hall–Kier alpha value is -2.11. The molecule has 1 N–H and O–H groups in total. The summed E-state index contributed by atoms with van der Waals surface area (Å²) in [5.74, 6) is 0.748. The molecule has 0 aromatic heterocycles. The van der Waals surface area contributed by atoms with Gasteiger partial charge < -0.3 is 14.8 Å². The van der Waals surface area contributed by atoms with E-state index in [2.05, 4.69) is 10.5 Å². The minimum atomic E-state index is -0.507. The van der Waals surface area contributed by atoms with Gasteiger partial charge in [0.15, 0.2) is 0 Å². The number of alkyl carbamates (subject to hydrolysis) is 1. The van der Waals surface area contributed by atoms with Crippen molar-refractivity contribution in [3.05, 3.63) is 34.7 Å². The van der Waals surface area contributed by atoms with Crippen molar-refractivity contribution in [1.29, 1.82) is 0 Å². The maximum Gasteiger partial charge on any atom is 0.407 e. The van der Waals surface area contributed by atoms with E-state index in [4.69, 9.17) is 9.47 Å². The Kier molecular flexibility index (Phi) is 7.68. The van der Waals surface area contributed by atoms with E-state index >= 15 is 0 Å². The highest BCUT2D eigenvalue weighted by Gasteiger charge is 2.18. The lowest BCUT2D eigenvalue weighted by atomic mass is 10.1. The van der Waals surface area contributed by atoms with Gasteiger partial charge in [-0.3, -0.25) is 0 Å². The largest absolute Gasteiger partial charge is 0.488 e. The normalized spacial score (nSPS) is 13.7. The fourth-order valence-corrected chi connectivity index (χ4v) is 2.14. The zero-order chi connectivity index (χ0) is 18.2. The molecule has 24 heavy (non-hydrogen) atoms. The molecule has 6 heteroatoms. The summed E-state index contributed by atoms with van der Waals surface area (Å²) in [6.45, 7) is 9.36. The smallest absolute Gasteiger partial charge is 0.407 e. The number of nitroso groups, excluding NO2 is 1. The molecule has 1 amide bonds. The van der Waals surface area contributed by atoms with Gasteiger partial charge in [0.2, 0.25) is 0 Å². The van der Waals surface area contributed by atoms with Gasteiger partial charge in [0.05, 0.1) is 0 Å². The lowest BCUT2D eigenvalue weighted by Crippen LogP contribution is -2.37. The maximum absolute atomic E-state index is 11.8. The maximum atomic E-state index is 11.8. The number of ether oxygens (including phenoxy) is 2. The summed E-state index contributed by atoms with van der Waals surface area (Å²) in [6.07, 6.45) is 0.820. The van der Waals surface area contributed by atoms with Gasteiger partial charge >= 0.3 is 6.09 Å². The summed E-state index contributed by atoms with van der Waals surface area (Å²) in [4.78, 5) is 22.1. The molecule has 0 saturated carbocycles. The Morgan fingerprint density at radius 1 is 1.25 bits per heavy atom. The van der Waals surface area contributed by atoms with Gasteiger partial charge in [0.1, 0.15) is 24.0 Å². The first-order valence-corrected chi connectivity index (χ1v) is 8.24. The Morgan fingerprint density at radius 2 is 1.92 bits per heavy atom. The highest BCUT2D eigenvalue weighted by molar-refractivity contribution is 5.68. The van der Waals surface area contributed by atoms with Crippen LogP contribution in [0.2, 0.25) is 0 Å². The summed E-state index contributed by atoms with van der Waals surface area (Å²) in [5.41, 5.74) is 0.528. The Bertz CT molecular complexity index is 540. The average Bonchev–Trinajstić information content (AvgIpc) is 2.44. The highest BCUT2D eigenvalue weighted by Crippen LogP contribution is 2.21. The fourth-order valence-electron chi connectivity index (χ4n) is 2.14. The van der Waals surface area contributed by atoms with Crippen LogP contribution in [0.5, 0.6) is 5.75 Å². The van der Waals surface area contributed by atoms with Crippen molar-refractivity contribution in [2.75, 3.05) is 6.54 Å². The first kappa shape index (κ1) is 19.9. The van der Waals surface area contributed by atoms with Gasteiger partial charge in [0.25, 0.3) is 0 Å². The van der Waals surface area contributed by atoms with Crippen molar-refractivity contribution in [3.8, 4) is 5.75 Å². The average molecular weight is 336 g/mol. The molecular formula is C18H28N2O4. The molecule has 0 radical (unpaired) electrons. The predicted molar refractivity (Wildman–Crippen MR) is 94.3 cm³/mol. The van der Waals surface area contributed by atoms with Crippen LogP contribution >= 0.6 is 0 Å². The summed E-state index contributed by atoms with van der Waals surface area (Å²) in [6, 6.07) is 7.67. The number of benzene rings is 1. The van der Waals surface area contributed by atoms with Crippen LogP contribution in [0.25, 0.3) is 0 Å². The van der Waals surface area contributed by atoms with E-state index in [1.807, 2.05) is 58.9 Å². The third-order valence-corrected chi connectivity index (χ3v) is 3.24. The summed E-state index contributed by atoms with van der Waals surface area (Å²) in [5, 5.41) is 5.69. The number of carbonyl (C=O) groups is 1. The molecular weight excluding hydrogens is 308 g/mol. The SMILES string of the molecule is C[C@@H](CCc1ccccc1O[C@@H](C)CN=O)NC(=O)OC(C)(C)C. The Balaban J connectivity index is 2.54. The minimum Gasteiger partial charge on any atom is -0.488 e. The van der Waals surface area contributed by atoms with Crippen molar-refractivity contribution >= 4 is 6.09 Å². The Labute approximate surface area is 143 Å². The summed E-state index contributed by atoms with van der Waals surface area (Å²) < 4.78 is 11.0. The van der Waals surface area contributed by atoms with Gasteiger partial charge in [-0.2, -0.15) is 4.91 Å². The van der Waals surface area contributed by atoms with Crippen LogP contribution in [0.1, 0.15) is 46.6 Å². The standard InChI is InChI=1S/C18H28N2O4/c1-13(20-17(21)24-18(3,4)5)10-11-15-8-6-7-9-16(15)23-14(2)12-19-22/h6-9,13-14H,10-12H2,1-5H3,(H,20,21)/t13-,14-/m0/s1. The van der Waals surface area contributed by atoms with Crippen molar-refractivity contribution < 1.29 is 14.3 Å². The molecule has 0 aliphatic rings. The second-order valence-electron chi connectivity index (χ2n) is 6.93. The van der Waals surface area contributed by atoms with Crippen LogP contribution in [0.4, 0.5) is 4.79 Å². The van der Waals surface area contributed by atoms with Crippen molar-refractivity contribution in [1.82, 2.24) is 5.32 Å². The van der Waals surface area contributed by atoms with Gasteiger partial charge in [0, 0.05) is 6.04 Å². The first-order chi connectivity index (χ1) is 11.2. The van der Waals surface area contributed by atoms with E-state index < -0.39 is 11.7 Å². The molecule has 0 aliphatic carbocycles. The molecule has 0 heterocycles. The van der Waals surface area contributed by atoms with E-state index in [0.29, 0.717) is 0 Å². The van der Waals surface area contributed by atoms with Crippen LogP contribution < -0.4 is 10.1 Å². The summed E-state index contributed by atoms with van der Waals surface area (Å²) in [7, 11) is 0. The number of hydrogen-bond donors (Lipinski definition) is 1. The first-order valence-electron chi connectivity index (χ1n) is 8.24. The van der Waals surface area contributed by atoms with Gasteiger partial charge in [-0.05, 0) is 59.1 Å². The number of amides is 1. The number of nitrogens with zero attached hydrogens (tertiary/aromatic N) is 1. The zero-order valence-electron chi connectivity index (χ0n) is 15.2. The molecule has 134 valence electrons. The third-order valence-electron chi connectivity index (χ3n) is 3.24. The second-order valence-corrected chi connectivity index (χ2v) is 6.93. The predicted octanol–water partition coefficient (Wildman–Crippen LogP) is 4.07. The lowest BCUT2D eigenvalue weighted by molar-refractivity contribution is 0.0506. The number of nitrogens with one attached hydrogen (secondary N) is 1. The van der Waals surface area contributed by atoms with E-state index in [0.717, 1.165) is 24.2 Å². The number of carbonyl (C=O) groups excluding carboxylic acids is 1. The molecule has 0 aliphatic heterocycles. The minimum absolute atomic E-state index is 0.0260. The molecule has 0 spiro atoms. The number of hydrogen-bond acceptors (Lipinski definition) is 5. The van der Waals surface area contributed by atoms with E-state index in [1.165, 1.54) is 0 Å². The quantitative estimate of drug-likeness (QED) is 0.726. The molecule has 0 fully saturated rings. The number of para-hydroxylation sites is 1. The Morgan fingerprint density at radius 3 is 2.54 bits per heavy atom. The monoisotopic (exact) mass is 336 g/mol. The molecule has 1 aromatic rings. The van der Waals surface area contributed by atoms with Crippen LogP contribution in [-0.2, 0) is 11.2 Å². The molecule has 1 rings (SSSR count). The number of rotatable bonds is 8. The third kappa shape index (κ3) is 7.94. The summed E-state index contributed by atoms with van der Waals surface area (Å²) >= 11 is 0. The molecule has 0 saturated heterocycles. The van der Waals surface area contributed by atoms with Crippen LogP contribution in [0.3, 0.4) is 0 Å². The van der Waals surface area contributed by atoms with E-state index in [1.54, 1.807) is 0 Å². The molecule has 1 aromatic carbocycles. The van der Waals surface area contributed by atoms with Crippen LogP contribution in [-0.4, -0.2) is 30.4 Å². The fraction of sp³-hybridized carbons (Fsp3) is 0.611. The second kappa shape index (κ2) is 9.25. The van der Waals surface area contributed by atoms with E-state index in [-0.39, 0.29) is 18.7 Å². The van der Waals surface area contributed by atoms with Crippen molar-refractivity contribution in [2.45, 2.75) is 65.2 Å². The van der Waals surface area contributed by atoms with Crippen molar-refractivity contribution in [2.24, 2.45) is 5.18 Å². The van der Waals surface area contributed by atoms with Gasteiger partial charge in [-0.25, -0.2) is 4.79 Å². The molecule has 2 atom stereocenters. The number of aryl methyl sites for hydroxylation is 1. The molecule has 0 unspecified atom stereocenters. The molecule has 6 nitrogen and oxygen atoms in total. The molecule has 0 bridgehead atoms. The van der Waals surface area contributed by atoms with E-state index in [9.17, 15) is 9.70 Å². The van der Waals surface area contributed by atoms with Gasteiger partial charge in [-0.1, -0.05) is 23.4 Å². The van der Waals surface area contributed by atoms with Crippen molar-refractivity contribution in [3.63, 3.8) is 0 Å².